The molecule has 0 radical (unpaired) electrons. The van der Waals surface area contributed by atoms with Gasteiger partial charge in [-0.2, -0.15) is 0 Å². The van der Waals surface area contributed by atoms with E-state index in [0.717, 1.165) is 6.42 Å². The zero-order chi connectivity index (χ0) is 13.5. The maximum Gasteiger partial charge on any atom is -0.0181 e. The molecule has 0 unspecified atom stereocenters. The van der Waals surface area contributed by atoms with Crippen molar-refractivity contribution in [3.8, 4) is 11.1 Å². The summed E-state index contributed by atoms with van der Waals surface area (Å²) in [7, 11) is 0. The Morgan fingerprint density at radius 1 is 0.737 bits per heavy atom. The van der Waals surface area contributed by atoms with Gasteiger partial charge in [-0.3, -0.25) is 0 Å². The van der Waals surface area contributed by atoms with E-state index >= 15 is 0 Å². The molecule has 2 aromatic rings. The first-order valence-corrected chi connectivity index (χ1v) is 7.51. The predicted octanol–water partition coefficient (Wildman–Crippen LogP) is 5.65. The molecule has 2 aromatic carbocycles. The summed E-state index contributed by atoms with van der Waals surface area (Å²) in [5.74, 6) is 0. The second kappa shape index (κ2) is 7.13. The summed E-state index contributed by atoms with van der Waals surface area (Å²) in [5, 5.41) is 0. The molecule has 0 saturated carbocycles. The first-order valence-electron chi connectivity index (χ1n) is 7.51. The van der Waals surface area contributed by atoms with Crippen LogP contribution in [-0.4, -0.2) is 0 Å². The molecule has 0 aliphatic rings. The molecule has 0 nitrogen and oxygen atoms in total. The lowest BCUT2D eigenvalue weighted by Crippen LogP contribution is -1.87. The van der Waals surface area contributed by atoms with Crippen molar-refractivity contribution in [3.05, 3.63) is 59.7 Å². The van der Waals surface area contributed by atoms with Crippen LogP contribution in [0.15, 0.2) is 48.5 Å². The van der Waals surface area contributed by atoms with Crippen molar-refractivity contribution in [2.75, 3.05) is 0 Å². The average Bonchev–Trinajstić information content (AvgIpc) is 2.48. The van der Waals surface area contributed by atoms with Crippen LogP contribution < -0.4 is 0 Å². The first kappa shape index (κ1) is 13.9. The summed E-state index contributed by atoms with van der Waals surface area (Å²) >= 11 is 0. The van der Waals surface area contributed by atoms with Gasteiger partial charge in [-0.1, -0.05) is 75.2 Å². The van der Waals surface area contributed by atoms with E-state index < -0.39 is 0 Å². The second-order valence-electron chi connectivity index (χ2n) is 5.21. The minimum absolute atomic E-state index is 1.10. The predicted molar refractivity (Wildman–Crippen MR) is 84.5 cm³/mol. The van der Waals surface area contributed by atoms with Gasteiger partial charge in [0, 0.05) is 0 Å². The van der Waals surface area contributed by atoms with Crippen molar-refractivity contribution >= 4 is 0 Å². The van der Waals surface area contributed by atoms with E-state index in [1.807, 2.05) is 0 Å². The molecular formula is C19H24. The molecule has 100 valence electrons. The van der Waals surface area contributed by atoms with Crippen LogP contribution in [0, 0.1) is 0 Å². The smallest absolute Gasteiger partial charge is 0.0181 e. The quantitative estimate of drug-likeness (QED) is 0.583. The van der Waals surface area contributed by atoms with E-state index in [1.54, 1.807) is 0 Å². The van der Waals surface area contributed by atoms with Gasteiger partial charge in [0.05, 0.1) is 0 Å². The zero-order valence-corrected chi connectivity index (χ0v) is 12.2. The fourth-order valence-corrected chi connectivity index (χ4v) is 2.41. The third-order valence-corrected chi connectivity index (χ3v) is 3.69. The highest BCUT2D eigenvalue weighted by molar-refractivity contribution is 5.64. The van der Waals surface area contributed by atoms with E-state index in [0.29, 0.717) is 0 Å². The molecule has 0 aromatic heterocycles. The molecule has 0 spiro atoms. The summed E-state index contributed by atoms with van der Waals surface area (Å²) in [6.45, 7) is 4.46. The summed E-state index contributed by atoms with van der Waals surface area (Å²) < 4.78 is 0. The Morgan fingerprint density at radius 3 is 2.21 bits per heavy atom. The van der Waals surface area contributed by atoms with Gasteiger partial charge < -0.3 is 0 Å². The molecule has 0 amide bonds. The monoisotopic (exact) mass is 252 g/mol. The van der Waals surface area contributed by atoms with Crippen LogP contribution in [0.25, 0.3) is 11.1 Å². The normalized spacial score (nSPS) is 10.6. The standard InChI is InChI=1S/C19H24/c1-3-5-6-8-17-11-13-18(14-12-17)19-10-7-9-16(4-2)15-19/h7,9-15H,3-6,8H2,1-2H3. The van der Waals surface area contributed by atoms with Crippen molar-refractivity contribution in [2.24, 2.45) is 0 Å². The van der Waals surface area contributed by atoms with Crippen molar-refractivity contribution in [1.82, 2.24) is 0 Å². The van der Waals surface area contributed by atoms with E-state index in [-0.39, 0.29) is 0 Å². The lowest BCUT2D eigenvalue weighted by Gasteiger charge is -2.06. The Hall–Kier alpha value is -1.56. The Labute approximate surface area is 117 Å². The fourth-order valence-electron chi connectivity index (χ4n) is 2.41. The van der Waals surface area contributed by atoms with Crippen LogP contribution in [-0.2, 0) is 12.8 Å². The van der Waals surface area contributed by atoms with Crippen LogP contribution in [0.5, 0.6) is 0 Å². The largest absolute Gasteiger partial charge is 0.0654 e. The lowest BCUT2D eigenvalue weighted by atomic mass is 9.99. The van der Waals surface area contributed by atoms with E-state index in [9.17, 15) is 0 Å². The highest BCUT2D eigenvalue weighted by Gasteiger charge is 1.99. The second-order valence-corrected chi connectivity index (χ2v) is 5.21. The topological polar surface area (TPSA) is 0 Å². The molecule has 0 N–H and O–H groups in total. The molecule has 2 rings (SSSR count). The number of hydrogen-bond donors (Lipinski definition) is 0. The van der Waals surface area contributed by atoms with Crippen molar-refractivity contribution < 1.29 is 0 Å². The molecular weight excluding hydrogens is 228 g/mol. The zero-order valence-electron chi connectivity index (χ0n) is 12.2. The van der Waals surface area contributed by atoms with Crippen LogP contribution >= 0.6 is 0 Å². The van der Waals surface area contributed by atoms with Crippen molar-refractivity contribution in [3.63, 3.8) is 0 Å². The number of aryl methyl sites for hydroxylation is 2. The van der Waals surface area contributed by atoms with Gasteiger partial charge in [0.25, 0.3) is 0 Å². The number of benzene rings is 2. The Morgan fingerprint density at radius 2 is 1.53 bits per heavy atom. The lowest BCUT2D eigenvalue weighted by molar-refractivity contribution is 0.717. The molecule has 0 aliphatic heterocycles. The van der Waals surface area contributed by atoms with Crippen LogP contribution in [0.3, 0.4) is 0 Å². The van der Waals surface area contributed by atoms with Gasteiger partial charge in [-0.05, 0) is 41.5 Å². The summed E-state index contributed by atoms with van der Waals surface area (Å²) in [6.07, 6.45) is 6.25. The van der Waals surface area contributed by atoms with E-state index in [1.165, 1.54) is 47.9 Å². The minimum Gasteiger partial charge on any atom is -0.0654 e. The third kappa shape index (κ3) is 3.96. The Bertz CT molecular complexity index is 494. The van der Waals surface area contributed by atoms with Crippen LogP contribution in [0.4, 0.5) is 0 Å². The van der Waals surface area contributed by atoms with Crippen LogP contribution in [0.2, 0.25) is 0 Å². The van der Waals surface area contributed by atoms with Crippen LogP contribution in [0.1, 0.15) is 44.2 Å². The summed E-state index contributed by atoms with van der Waals surface area (Å²) in [6, 6.07) is 17.9. The van der Waals surface area contributed by atoms with E-state index in [4.69, 9.17) is 0 Å². The molecule has 0 saturated heterocycles. The molecule has 0 bridgehead atoms. The summed E-state index contributed by atoms with van der Waals surface area (Å²) in [4.78, 5) is 0. The highest BCUT2D eigenvalue weighted by atomic mass is 14.0. The Kier molecular flexibility index (Phi) is 5.20. The van der Waals surface area contributed by atoms with Gasteiger partial charge in [-0.25, -0.2) is 0 Å². The average molecular weight is 252 g/mol. The van der Waals surface area contributed by atoms with Gasteiger partial charge >= 0.3 is 0 Å². The third-order valence-electron chi connectivity index (χ3n) is 3.69. The highest BCUT2D eigenvalue weighted by Crippen LogP contribution is 2.21. The molecule has 0 heteroatoms. The summed E-state index contributed by atoms with van der Waals surface area (Å²) in [5.41, 5.74) is 5.53. The van der Waals surface area contributed by atoms with Gasteiger partial charge in [0.1, 0.15) is 0 Å². The minimum atomic E-state index is 1.10. The van der Waals surface area contributed by atoms with Gasteiger partial charge in [-0.15, -0.1) is 0 Å². The number of rotatable bonds is 6. The maximum absolute atomic E-state index is 2.30. The van der Waals surface area contributed by atoms with Gasteiger partial charge in [0.2, 0.25) is 0 Å². The van der Waals surface area contributed by atoms with Crippen molar-refractivity contribution in [2.45, 2.75) is 46.0 Å². The fraction of sp³-hybridized carbons (Fsp3) is 0.368. The Balaban J connectivity index is 2.08. The maximum atomic E-state index is 2.30. The number of unbranched alkanes of at least 4 members (excludes halogenated alkanes) is 2. The van der Waals surface area contributed by atoms with E-state index in [2.05, 4.69) is 62.4 Å². The molecule has 0 heterocycles. The van der Waals surface area contributed by atoms with Gasteiger partial charge in [0.15, 0.2) is 0 Å². The first-order chi connectivity index (χ1) is 9.33. The molecule has 0 fully saturated rings. The molecule has 0 atom stereocenters. The SMILES string of the molecule is CCCCCc1ccc(-c2cccc(CC)c2)cc1. The van der Waals surface area contributed by atoms with Crippen molar-refractivity contribution in [1.29, 1.82) is 0 Å². The molecule has 0 aliphatic carbocycles. The molecule has 19 heavy (non-hydrogen) atoms. The number of hydrogen-bond acceptors (Lipinski definition) is 0.